The number of nitrogens with one attached hydrogen (secondary N) is 1. The summed E-state index contributed by atoms with van der Waals surface area (Å²) in [7, 11) is -1.45. The lowest BCUT2D eigenvalue weighted by atomic mass is 10.2. The third kappa shape index (κ3) is 4.24. The van der Waals surface area contributed by atoms with Gasteiger partial charge in [0, 0.05) is 21.2 Å². The van der Waals surface area contributed by atoms with Crippen LogP contribution in [0.4, 0.5) is 4.39 Å². The summed E-state index contributed by atoms with van der Waals surface area (Å²) < 4.78 is 29.6. The number of benzene rings is 2. The minimum absolute atomic E-state index is 0.159. The predicted molar refractivity (Wildman–Crippen MR) is 107 cm³/mol. The van der Waals surface area contributed by atoms with Gasteiger partial charge in [-0.3, -0.25) is 4.79 Å². The van der Waals surface area contributed by atoms with Crippen LogP contribution in [0, 0.1) is 5.82 Å². The number of carbonyl (C=O) groups is 1. The van der Waals surface area contributed by atoms with Crippen LogP contribution in [0.2, 0.25) is 0 Å². The number of nitrogens with zero attached hydrogens (tertiary/aromatic N) is 1. The summed E-state index contributed by atoms with van der Waals surface area (Å²) in [6.45, 7) is 1.67. The van der Waals surface area contributed by atoms with Crippen molar-refractivity contribution >= 4 is 47.7 Å². The van der Waals surface area contributed by atoms with Crippen LogP contribution in [0.1, 0.15) is 12.5 Å². The van der Waals surface area contributed by atoms with Gasteiger partial charge >= 0.3 is 0 Å². The Bertz CT molecular complexity index is 872. The molecule has 5 nitrogen and oxygen atoms in total. The highest BCUT2D eigenvalue weighted by Crippen LogP contribution is 2.67. The Morgan fingerprint density at radius 3 is 2.54 bits per heavy atom. The van der Waals surface area contributed by atoms with Crippen LogP contribution < -0.4 is 10.1 Å². The van der Waals surface area contributed by atoms with Crippen LogP contribution in [-0.4, -0.2) is 19.9 Å². The molecule has 3 rings (SSSR count). The topological polar surface area (TPSA) is 70.9 Å². The molecule has 0 aromatic heterocycles. The molecule has 0 saturated carbocycles. The van der Waals surface area contributed by atoms with E-state index in [0.29, 0.717) is 22.4 Å². The average Bonchev–Trinajstić information content (AvgIpc) is 2.89. The first kappa shape index (κ1) is 18.8. The largest absolute Gasteiger partial charge is 0.489 e. The molecule has 1 unspecified atom stereocenters. The van der Waals surface area contributed by atoms with Gasteiger partial charge in [0.25, 0.3) is 0 Å². The molecule has 2 aromatic carbocycles. The number of rotatable bonds is 4. The van der Waals surface area contributed by atoms with E-state index in [4.69, 9.17) is 17.0 Å². The highest BCUT2D eigenvalue weighted by atomic mass is 33.2. The number of ether oxygens (including phenoxy) is 1. The zero-order valence-electron chi connectivity index (χ0n) is 13.6. The Labute approximate surface area is 160 Å². The summed E-state index contributed by atoms with van der Waals surface area (Å²) in [5, 5.41) is 2.85. The molecule has 1 atom stereocenters. The van der Waals surface area contributed by atoms with Crippen molar-refractivity contribution in [2.45, 2.75) is 18.4 Å². The van der Waals surface area contributed by atoms with Gasteiger partial charge in [0.2, 0.25) is 5.91 Å². The highest BCUT2D eigenvalue weighted by Gasteiger charge is 2.37. The van der Waals surface area contributed by atoms with Crippen LogP contribution in [0.5, 0.6) is 5.75 Å². The number of amidine groups is 1. The normalized spacial score (nSPS) is 21.7. The van der Waals surface area contributed by atoms with Crippen molar-refractivity contribution in [3.63, 3.8) is 0 Å². The maximum Gasteiger partial charge on any atom is 0.222 e. The Hall–Kier alpha value is -1.94. The maximum absolute atomic E-state index is 12.9. The van der Waals surface area contributed by atoms with Crippen molar-refractivity contribution in [1.29, 1.82) is 0 Å². The summed E-state index contributed by atoms with van der Waals surface area (Å²) in [6.07, 6.45) is 0. The molecule has 9 heteroatoms. The fourth-order valence-electron chi connectivity index (χ4n) is 2.13. The molecule has 0 fully saturated rings. The zero-order valence-corrected chi connectivity index (χ0v) is 16.1. The molecular weight excluding hydrogens is 395 g/mol. The average molecular weight is 411 g/mol. The quantitative estimate of drug-likeness (QED) is 0.574. The van der Waals surface area contributed by atoms with Gasteiger partial charge in [-0.05, 0) is 65.0 Å². The summed E-state index contributed by atoms with van der Waals surface area (Å²) >= 11 is 5.19. The number of amides is 1. The van der Waals surface area contributed by atoms with Crippen LogP contribution in [0.25, 0.3) is 0 Å². The molecule has 1 aliphatic heterocycles. The minimum Gasteiger partial charge on any atom is -0.489 e. The molecule has 0 saturated heterocycles. The molecule has 1 amide bonds. The van der Waals surface area contributed by atoms with Gasteiger partial charge in [0.1, 0.15) is 18.2 Å². The number of halogens is 1. The summed E-state index contributed by atoms with van der Waals surface area (Å²) in [6, 6.07) is 13.0. The van der Waals surface area contributed by atoms with Gasteiger partial charge in [-0.25, -0.2) is 9.38 Å². The Morgan fingerprint density at radius 2 is 1.92 bits per heavy atom. The predicted octanol–water partition coefficient (Wildman–Crippen LogP) is 4.48. The van der Waals surface area contributed by atoms with Gasteiger partial charge < -0.3 is 14.6 Å². The highest BCUT2D eigenvalue weighted by molar-refractivity contribution is 9.03. The molecule has 2 N–H and O–H groups in total. The first-order chi connectivity index (χ1) is 12.4. The van der Waals surface area contributed by atoms with Crippen LogP contribution in [0.15, 0.2) is 58.4 Å². The monoisotopic (exact) mass is 410 g/mol. The fourth-order valence-corrected chi connectivity index (χ4v) is 6.43. The smallest absolute Gasteiger partial charge is 0.222 e. The Morgan fingerprint density at radius 1 is 1.27 bits per heavy atom. The molecule has 0 radical (unpaired) electrons. The van der Waals surface area contributed by atoms with Crippen molar-refractivity contribution in [1.82, 2.24) is 5.32 Å². The minimum atomic E-state index is -2.51. The van der Waals surface area contributed by atoms with E-state index in [9.17, 15) is 13.7 Å². The lowest BCUT2D eigenvalue weighted by molar-refractivity contribution is -0.117. The lowest BCUT2D eigenvalue weighted by Crippen LogP contribution is -2.24. The second-order valence-electron chi connectivity index (χ2n) is 5.36. The fraction of sp³-hybridized carbons (Fsp3) is 0.118. The van der Waals surface area contributed by atoms with E-state index in [1.165, 1.54) is 19.1 Å². The van der Waals surface area contributed by atoms with Crippen molar-refractivity contribution in [2.75, 3.05) is 0 Å². The van der Waals surface area contributed by atoms with Crippen molar-refractivity contribution in [3.05, 3.63) is 59.9 Å². The van der Waals surface area contributed by atoms with E-state index in [0.717, 1.165) is 16.4 Å². The van der Waals surface area contributed by atoms with Crippen LogP contribution >= 0.6 is 32.4 Å². The second-order valence-corrected chi connectivity index (χ2v) is 10.4. The number of aliphatic imine (C=N–C) groups is 1. The number of thiocarbonyl (C=S) groups is 1. The van der Waals surface area contributed by atoms with Crippen molar-refractivity contribution in [2.24, 2.45) is 4.99 Å². The molecular formula is C17H15FN2O3S3. The maximum atomic E-state index is 12.9. The van der Waals surface area contributed by atoms with Gasteiger partial charge in [0.05, 0.1) is 0 Å². The van der Waals surface area contributed by atoms with Crippen LogP contribution in [0.3, 0.4) is 0 Å². The zero-order chi connectivity index (χ0) is 18.7. The van der Waals surface area contributed by atoms with E-state index in [-0.39, 0.29) is 16.0 Å². The Kier molecular flexibility index (Phi) is 5.61. The first-order valence-electron chi connectivity index (χ1n) is 7.50. The third-order valence-corrected chi connectivity index (χ3v) is 8.82. The first-order valence-corrected chi connectivity index (χ1v) is 10.8. The van der Waals surface area contributed by atoms with Crippen molar-refractivity contribution < 1.29 is 18.5 Å². The third-order valence-electron chi connectivity index (χ3n) is 3.37. The number of hydrogen-bond donors (Lipinski definition) is 2. The van der Waals surface area contributed by atoms with E-state index in [1.807, 2.05) is 0 Å². The molecule has 1 aliphatic rings. The van der Waals surface area contributed by atoms with Gasteiger partial charge in [-0.2, -0.15) is 0 Å². The van der Waals surface area contributed by atoms with Gasteiger partial charge in [0.15, 0.2) is 9.49 Å². The van der Waals surface area contributed by atoms with Gasteiger partial charge in [-0.15, -0.1) is 0 Å². The van der Waals surface area contributed by atoms with Crippen LogP contribution in [-0.2, 0) is 11.4 Å². The van der Waals surface area contributed by atoms with E-state index in [2.05, 4.69) is 10.3 Å². The standard InChI is InChI=1S/C17H15FN2O3S3/c1-11(21)19-16-20-17(24)26(22,25-16)15-8-6-14(7-9-15)23-10-12-2-4-13(18)5-3-12/h2-9,22H,10H2,1H3,(H,19,20,21,24). The summed E-state index contributed by atoms with van der Waals surface area (Å²) in [5.74, 6) is 0.0467. The second kappa shape index (κ2) is 7.75. The Balaban J connectivity index is 1.66. The molecule has 136 valence electrons. The molecule has 1 heterocycles. The molecule has 0 aliphatic carbocycles. The molecule has 0 spiro atoms. The summed E-state index contributed by atoms with van der Waals surface area (Å²) in [5.41, 5.74) is 0.848. The number of carbonyl (C=O) groups excluding carboxylic acids is 1. The van der Waals surface area contributed by atoms with E-state index in [1.54, 1.807) is 36.4 Å². The number of hydrogen-bond acceptors (Lipinski definition) is 5. The SMILES string of the molecule is CC(=O)NC1=NC(=S)S(O)(c2ccc(OCc3ccc(F)cc3)cc2)S1. The van der Waals surface area contributed by atoms with E-state index < -0.39 is 9.34 Å². The lowest BCUT2D eigenvalue weighted by Gasteiger charge is -2.26. The molecule has 0 bridgehead atoms. The van der Waals surface area contributed by atoms with Crippen molar-refractivity contribution in [3.8, 4) is 5.75 Å². The molecule has 2 aromatic rings. The van der Waals surface area contributed by atoms with Gasteiger partial charge in [-0.1, -0.05) is 12.1 Å². The van der Waals surface area contributed by atoms with E-state index >= 15 is 0 Å². The summed E-state index contributed by atoms with van der Waals surface area (Å²) in [4.78, 5) is 15.8. The molecule has 26 heavy (non-hydrogen) atoms.